The number of nitrogens with one attached hydrogen (secondary N) is 1. The zero-order valence-corrected chi connectivity index (χ0v) is 21.8. The molecule has 7 nitrogen and oxygen atoms in total. The summed E-state index contributed by atoms with van der Waals surface area (Å²) in [6.45, 7) is 3.69. The second-order valence-corrected chi connectivity index (χ2v) is 11.2. The molecule has 0 bridgehead atoms. The van der Waals surface area contributed by atoms with Crippen molar-refractivity contribution in [2.45, 2.75) is 64.5 Å². The monoisotopic (exact) mass is 499 g/mol. The molecule has 0 heterocycles. The van der Waals surface area contributed by atoms with Crippen molar-refractivity contribution in [1.29, 1.82) is 0 Å². The van der Waals surface area contributed by atoms with E-state index in [1.54, 1.807) is 19.1 Å². The molecule has 2 aromatic carbocycles. The van der Waals surface area contributed by atoms with Gasteiger partial charge in [-0.1, -0.05) is 62.2 Å². The maximum atomic E-state index is 13.5. The maximum absolute atomic E-state index is 13.5. The molecule has 35 heavy (non-hydrogen) atoms. The molecule has 2 amide bonds. The second-order valence-electron chi connectivity index (χ2n) is 9.28. The molecule has 0 radical (unpaired) electrons. The van der Waals surface area contributed by atoms with Gasteiger partial charge in [-0.3, -0.25) is 13.9 Å². The SMILES string of the molecule is CCc1ccc(N(CC(=O)N(CCc2ccccc2)[C@H](C)C(=O)NC2CCCC2)S(C)(=O)=O)cc1. The highest BCUT2D eigenvalue weighted by molar-refractivity contribution is 7.92. The van der Waals surface area contributed by atoms with E-state index in [2.05, 4.69) is 5.32 Å². The normalized spacial score (nSPS) is 14.9. The molecule has 0 aromatic heterocycles. The minimum atomic E-state index is -3.71. The van der Waals surface area contributed by atoms with Gasteiger partial charge in [0, 0.05) is 12.6 Å². The molecule has 0 spiro atoms. The van der Waals surface area contributed by atoms with E-state index >= 15 is 0 Å². The van der Waals surface area contributed by atoms with E-state index in [9.17, 15) is 18.0 Å². The molecule has 0 aliphatic heterocycles. The average Bonchev–Trinajstić information content (AvgIpc) is 3.35. The molecular weight excluding hydrogens is 462 g/mol. The van der Waals surface area contributed by atoms with Crippen LogP contribution in [0.5, 0.6) is 0 Å². The number of rotatable bonds is 11. The van der Waals surface area contributed by atoms with E-state index in [1.807, 2.05) is 49.4 Å². The molecule has 1 aliphatic carbocycles. The summed E-state index contributed by atoms with van der Waals surface area (Å²) in [5, 5.41) is 3.08. The predicted octanol–water partition coefficient (Wildman–Crippen LogP) is 3.53. The van der Waals surface area contributed by atoms with Crippen molar-refractivity contribution >= 4 is 27.5 Å². The number of benzene rings is 2. The fraction of sp³-hybridized carbons (Fsp3) is 0.481. The first-order valence-electron chi connectivity index (χ1n) is 12.4. The third-order valence-electron chi connectivity index (χ3n) is 6.66. The smallest absolute Gasteiger partial charge is 0.244 e. The van der Waals surface area contributed by atoms with Gasteiger partial charge in [0.2, 0.25) is 21.8 Å². The Morgan fingerprint density at radius 3 is 2.20 bits per heavy atom. The molecule has 1 fully saturated rings. The highest BCUT2D eigenvalue weighted by Crippen LogP contribution is 2.21. The third-order valence-corrected chi connectivity index (χ3v) is 7.81. The molecule has 8 heteroatoms. The summed E-state index contributed by atoms with van der Waals surface area (Å²) in [5.74, 6) is -0.600. The molecule has 1 saturated carbocycles. The molecule has 1 N–H and O–H groups in total. The quantitative estimate of drug-likeness (QED) is 0.512. The minimum absolute atomic E-state index is 0.139. The van der Waals surface area contributed by atoms with Crippen LogP contribution >= 0.6 is 0 Å². The molecular formula is C27H37N3O4S. The lowest BCUT2D eigenvalue weighted by atomic mass is 10.1. The Morgan fingerprint density at radius 1 is 1.00 bits per heavy atom. The van der Waals surface area contributed by atoms with Gasteiger partial charge in [0.15, 0.2) is 0 Å². The summed E-state index contributed by atoms with van der Waals surface area (Å²) in [5.41, 5.74) is 2.56. The highest BCUT2D eigenvalue weighted by Gasteiger charge is 2.31. The lowest BCUT2D eigenvalue weighted by Gasteiger charge is -2.32. The number of sulfonamides is 1. The van der Waals surface area contributed by atoms with Gasteiger partial charge in [0.05, 0.1) is 11.9 Å². The fourth-order valence-corrected chi connectivity index (χ4v) is 5.32. The molecule has 0 saturated heterocycles. The number of hydrogen-bond acceptors (Lipinski definition) is 4. The number of nitrogens with zero attached hydrogens (tertiary/aromatic N) is 2. The summed E-state index contributed by atoms with van der Waals surface area (Å²) >= 11 is 0. The summed E-state index contributed by atoms with van der Waals surface area (Å²) < 4.78 is 26.4. The van der Waals surface area contributed by atoms with Gasteiger partial charge in [-0.05, 0) is 55.9 Å². The third kappa shape index (κ3) is 7.56. The summed E-state index contributed by atoms with van der Waals surface area (Å²) in [6.07, 6.45) is 6.58. The molecule has 0 unspecified atom stereocenters. The van der Waals surface area contributed by atoms with Crippen LogP contribution < -0.4 is 9.62 Å². The highest BCUT2D eigenvalue weighted by atomic mass is 32.2. The Morgan fingerprint density at radius 2 is 1.63 bits per heavy atom. The van der Waals surface area contributed by atoms with Crippen LogP contribution in [0, 0.1) is 0 Å². The Balaban J connectivity index is 1.81. The number of amides is 2. The van der Waals surface area contributed by atoms with Gasteiger partial charge < -0.3 is 10.2 Å². The van der Waals surface area contributed by atoms with Gasteiger partial charge in [0.1, 0.15) is 12.6 Å². The first-order chi connectivity index (χ1) is 16.7. The number of aryl methyl sites for hydroxylation is 1. The summed E-state index contributed by atoms with van der Waals surface area (Å²) in [6, 6.07) is 16.3. The van der Waals surface area contributed by atoms with Crippen LogP contribution in [-0.4, -0.2) is 56.6 Å². The molecule has 190 valence electrons. The molecule has 2 aromatic rings. The van der Waals surface area contributed by atoms with Crippen LogP contribution in [0.3, 0.4) is 0 Å². The second kappa shape index (κ2) is 12.2. The Bertz CT molecular complexity index is 1080. The average molecular weight is 500 g/mol. The largest absolute Gasteiger partial charge is 0.352 e. The van der Waals surface area contributed by atoms with Gasteiger partial charge in [0.25, 0.3) is 0 Å². The van der Waals surface area contributed by atoms with Crippen molar-refractivity contribution in [3.05, 3.63) is 65.7 Å². The van der Waals surface area contributed by atoms with Crippen LogP contribution in [0.25, 0.3) is 0 Å². The zero-order chi connectivity index (χ0) is 25.4. The predicted molar refractivity (Wildman–Crippen MR) is 140 cm³/mol. The van der Waals surface area contributed by atoms with E-state index < -0.39 is 22.0 Å². The Hall–Kier alpha value is -2.87. The lowest BCUT2D eigenvalue weighted by molar-refractivity contribution is -0.139. The lowest BCUT2D eigenvalue weighted by Crippen LogP contribution is -2.53. The Kier molecular flexibility index (Phi) is 9.32. The molecule has 3 rings (SSSR count). The zero-order valence-electron chi connectivity index (χ0n) is 20.9. The number of carbonyl (C=O) groups excluding carboxylic acids is 2. The van der Waals surface area contributed by atoms with Crippen LogP contribution in [0.2, 0.25) is 0 Å². The van der Waals surface area contributed by atoms with Gasteiger partial charge >= 0.3 is 0 Å². The van der Waals surface area contributed by atoms with Crippen molar-refractivity contribution in [1.82, 2.24) is 10.2 Å². The van der Waals surface area contributed by atoms with Crippen LogP contribution in [0.4, 0.5) is 5.69 Å². The van der Waals surface area contributed by atoms with E-state index in [1.165, 1.54) is 4.90 Å². The van der Waals surface area contributed by atoms with Crippen molar-refractivity contribution in [3.63, 3.8) is 0 Å². The number of anilines is 1. The first kappa shape index (κ1) is 26.7. The maximum Gasteiger partial charge on any atom is 0.244 e. The first-order valence-corrected chi connectivity index (χ1v) is 14.2. The van der Waals surface area contributed by atoms with Gasteiger partial charge in [-0.15, -0.1) is 0 Å². The standard InChI is InChI=1S/C27H37N3O4S/c1-4-22-14-16-25(17-15-22)30(35(3,33)34)20-26(31)29(19-18-23-10-6-5-7-11-23)21(2)27(32)28-24-12-8-9-13-24/h5-7,10-11,14-17,21,24H,4,8-9,12-13,18-20H2,1-3H3,(H,28,32)/t21-/m1/s1. The van der Waals surface area contributed by atoms with Crippen molar-refractivity contribution in [2.24, 2.45) is 0 Å². The van der Waals surface area contributed by atoms with Crippen molar-refractivity contribution in [2.75, 3.05) is 23.7 Å². The fourth-order valence-electron chi connectivity index (χ4n) is 4.47. The minimum Gasteiger partial charge on any atom is -0.352 e. The van der Waals surface area contributed by atoms with Crippen molar-refractivity contribution < 1.29 is 18.0 Å². The van der Waals surface area contributed by atoms with E-state index in [4.69, 9.17) is 0 Å². The molecule has 1 aliphatic rings. The van der Waals surface area contributed by atoms with E-state index in [0.29, 0.717) is 18.7 Å². The van der Waals surface area contributed by atoms with Gasteiger partial charge in [-0.25, -0.2) is 8.42 Å². The Labute approximate surface area is 209 Å². The van der Waals surface area contributed by atoms with Gasteiger partial charge in [-0.2, -0.15) is 0 Å². The van der Waals surface area contributed by atoms with Crippen molar-refractivity contribution in [3.8, 4) is 0 Å². The number of carbonyl (C=O) groups is 2. The molecule has 1 atom stereocenters. The van der Waals surface area contributed by atoms with E-state index in [0.717, 1.165) is 53.8 Å². The summed E-state index contributed by atoms with van der Waals surface area (Å²) in [4.78, 5) is 28.1. The summed E-state index contributed by atoms with van der Waals surface area (Å²) in [7, 11) is -3.71. The van der Waals surface area contributed by atoms with Crippen LogP contribution in [0.1, 0.15) is 50.7 Å². The number of hydrogen-bond donors (Lipinski definition) is 1. The van der Waals surface area contributed by atoms with E-state index in [-0.39, 0.29) is 18.5 Å². The van der Waals surface area contributed by atoms with Crippen LogP contribution in [-0.2, 0) is 32.5 Å². The van der Waals surface area contributed by atoms with Crippen LogP contribution in [0.15, 0.2) is 54.6 Å². The topological polar surface area (TPSA) is 86.8 Å².